The number of hydrogen-bond donors (Lipinski definition) is 0. The van der Waals surface area contributed by atoms with Crippen LogP contribution in [0.5, 0.6) is 23.0 Å². The molecule has 0 aliphatic heterocycles. The molecule has 7 rings (SSSR count). The topological polar surface area (TPSA) is 404 Å². The Bertz CT molecular complexity index is 3440. The molecule has 0 amide bonds. The van der Waals surface area contributed by atoms with Crippen molar-refractivity contribution in [2.75, 3.05) is 79.3 Å². The molecule has 564 valence electrons. The second-order valence-corrected chi connectivity index (χ2v) is 23.2. The zero-order chi connectivity index (χ0) is 74.9. The minimum Gasteiger partial charge on any atom is -0.490 e. The molecule has 34 nitrogen and oxygen atoms in total. The van der Waals surface area contributed by atoms with Crippen molar-refractivity contribution in [2.24, 2.45) is 0 Å². The fraction of sp³-hybridized carbons (Fsp3) is 0.571. The van der Waals surface area contributed by atoms with Crippen LogP contribution in [0.15, 0.2) is 24.3 Å². The van der Waals surface area contributed by atoms with Crippen molar-refractivity contribution in [3.8, 4) is 23.0 Å². The summed E-state index contributed by atoms with van der Waals surface area (Å²) in [4.78, 5) is 132. The van der Waals surface area contributed by atoms with Crippen molar-refractivity contribution in [3.05, 3.63) is 92.1 Å². The fourth-order valence-electron chi connectivity index (χ4n) is 11.0. The van der Waals surface area contributed by atoms with Crippen LogP contribution < -0.4 is 18.9 Å². The van der Waals surface area contributed by atoms with Crippen LogP contribution in [-0.4, -0.2) is 199 Å². The summed E-state index contributed by atoms with van der Waals surface area (Å²) >= 11 is 0. The first kappa shape index (κ1) is 80.6. The molecule has 0 atom stereocenters. The summed E-state index contributed by atoms with van der Waals surface area (Å²) in [5, 5.41) is 31.8. The lowest BCUT2D eigenvalue weighted by Crippen LogP contribution is -2.22. The third-order valence-electron chi connectivity index (χ3n) is 15.9. The standard InChI is InChI=1S/C70H92N12O22/c1-9-93-63(85)53-57(67(89)97-13-5)79(75-71-53)33-25-17-21-29-37-101-49-41-45-46(42-50(49)102-38-30-22-18-26-34-80-58(68(90)98-14-6)54(72-76-80)64(86)94-10-2)62(84)48-44-52(104-40-32-24-20-28-36-82-60(70(92)100-16-8)56(74-78-82)66(88)96-12-4)51(43-47(48)61(45)83)103-39-31-23-19-27-35-81-59(69(91)99-15-7)55(73-77-81)65(87)95-11-3/h41-44H,9-40H2,1-8H3. The number of hydrogen-bond acceptors (Lipinski definition) is 30. The smallest absolute Gasteiger partial charge is 0.361 e. The second kappa shape index (κ2) is 42.0. The highest BCUT2D eigenvalue weighted by molar-refractivity contribution is 6.29. The Labute approximate surface area is 600 Å². The Morgan fingerprint density at radius 2 is 0.452 bits per heavy atom. The minimum atomic E-state index is -0.790. The number of fused-ring (bicyclic) bond motifs is 2. The number of carbonyl (C=O) groups excluding carboxylic acids is 10. The van der Waals surface area contributed by atoms with Gasteiger partial charge in [-0.05, 0) is 157 Å². The molecule has 0 saturated carbocycles. The molecule has 0 spiro atoms. The maximum atomic E-state index is 14.9. The van der Waals surface area contributed by atoms with Crippen LogP contribution in [-0.2, 0) is 64.1 Å². The molecule has 1 aliphatic carbocycles. The average molecular weight is 1450 g/mol. The zero-order valence-corrected chi connectivity index (χ0v) is 60.3. The molecule has 0 N–H and O–H groups in total. The molecule has 0 unspecified atom stereocenters. The molecular weight excluding hydrogens is 1360 g/mol. The minimum absolute atomic E-state index is 0.0708. The van der Waals surface area contributed by atoms with E-state index in [9.17, 15) is 47.9 Å². The maximum Gasteiger partial charge on any atom is 0.361 e. The Hall–Kier alpha value is -10.7. The normalized spacial score (nSPS) is 11.5. The van der Waals surface area contributed by atoms with Crippen LogP contribution in [0.4, 0.5) is 0 Å². The van der Waals surface area contributed by atoms with Crippen LogP contribution in [0.2, 0.25) is 0 Å². The molecule has 0 bridgehead atoms. The van der Waals surface area contributed by atoms with Gasteiger partial charge in [0, 0.05) is 48.4 Å². The van der Waals surface area contributed by atoms with Crippen LogP contribution in [0.3, 0.4) is 0 Å². The first-order valence-corrected chi connectivity index (χ1v) is 35.6. The van der Waals surface area contributed by atoms with E-state index in [4.69, 9.17) is 56.8 Å². The maximum absolute atomic E-state index is 14.9. The molecule has 2 aromatic carbocycles. The highest BCUT2D eigenvalue weighted by atomic mass is 16.6. The fourth-order valence-corrected chi connectivity index (χ4v) is 11.0. The molecule has 0 fully saturated rings. The number of ether oxygens (including phenoxy) is 12. The van der Waals surface area contributed by atoms with Gasteiger partial charge in [-0.3, -0.25) is 9.59 Å². The summed E-state index contributed by atoms with van der Waals surface area (Å²) in [6.07, 6.45) is 9.52. The first-order chi connectivity index (χ1) is 50.5. The summed E-state index contributed by atoms with van der Waals surface area (Å²) in [6.45, 7) is 15.4. The van der Waals surface area contributed by atoms with E-state index in [1.54, 1.807) is 55.4 Å². The quantitative estimate of drug-likeness (QED) is 0.0195. The number of ketones is 2. The van der Waals surface area contributed by atoms with Crippen molar-refractivity contribution < 1.29 is 105 Å². The van der Waals surface area contributed by atoms with E-state index < -0.39 is 59.3 Å². The predicted octanol–water partition coefficient (Wildman–Crippen LogP) is 8.80. The number of rotatable bonds is 48. The van der Waals surface area contributed by atoms with Gasteiger partial charge in [-0.1, -0.05) is 46.5 Å². The average Bonchev–Trinajstić information content (AvgIpc) is 1.05. The van der Waals surface area contributed by atoms with E-state index in [-0.39, 0.29) is 196 Å². The van der Waals surface area contributed by atoms with Crippen molar-refractivity contribution in [2.45, 2.75) is 184 Å². The highest BCUT2D eigenvalue weighted by Crippen LogP contribution is 2.41. The SMILES string of the molecule is CCOC(=O)c1nnn(CCCCCCOc2cc3c(cc2OCCCCCCn2nnc(C(=O)OCC)c2C(=O)OCC)C(=O)c2cc(OCCCCCCn4nnc(C(=O)OCC)c4C(=O)OCC)c(OCCCCCCn4nnc(C(=O)OCC)c4C(=O)OCC)cc2C3=O)c1C(=O)OCC. The zero-order valence-electron chi connectivity index (χ0n) is 60.3. The number of benzene rings is 2. The molecule has 34 heteroatoms. The van der Waals surface area contributed by atoms with Gasteiger partial charge in [-0.15, -0.1) is 20.4 Å². The van der Waals surface area contributed by atoms with Crippen LogP contribution >= 0.6 is 0 Å². The molecule has 4 heterocycles. The number of nitrogens with zero attached hydrogens (tertiary/aromatic N) is 12. The van der Waals surface area contributed by atoms with Crippen LogP contribution in [0.1, 0.15) is 274 Å². The van der Waals surface area contributed by atoms with E-state index in [1.807, 2.05) is 0 Å². The molecule has 4 aromatic heterocycles. The summed E-state index contributed by atoms with van der Waals surface area (Å²) in [7, 11) is 0. The van der Waals surface area contributed by atoms with Gasteiger partial charge >= 0.3 is 47.8 Å². The summed E-state index contributed by atoms with van der Waals surface area (Å²) in [5.41, 5.74) is -1.02. The lowest BCUT2D eigenvalue weighted by atomic mass is 9.83. The summed E-state index contributed by atoms with van der Waals surface area (Å²) in [5.74, 6) is -6.25. The van der Waals surface area contributed by atoms with Gasteiger partial charge in [0.25, 0.3) is 0 Å². The lowest BCUT2D eigenvalue weighted by Gasteiger charge is -2.23. The molecular formula is C70H92N12O22. The van der Waals surface area contributed by atoms with Crippen molar-refractivity contribution >= 4 is 59.3 Å². The largest absolute Gasteiger partial charge is 0.490 e. The van der Waals surface area contributed by atoms with Gasteiger partial charge in [0.1, 0.15) is 0 Å². The molecule has 0 saturated heterocycles. The molecule has 6 aromatic rings. The first-order valence-electron chi connectivity index (χ1n) is 35.6. The summed E-state index contributed by atoms with van der Waals surface area (Å²) < 4.78 is 72.0. The third-order valence-corrected chi connectivity index (χ3v) is 15.9. The Balaban J connectivity index is 1.07. The van der Waals surface area contributed by atoms with E-state index in [2.05, 4.69) is 41.2 Å². The number of esters is 8. The van der Waals surface area contributed by atoms with Crippen LogP contribution in [0.25, 0.3) is 0 Å². The Morgan fingerprint density at radius 1 is 0.269 bits per heavy atom. The molecule has 0 radical (unpaired) electrons. The van der Waals surface area contributed by atoms with Crippen molar-refractivity contribution in [1.29, 1.82) is 0 Å². The number of aromatic nitrogens is 12. The number of aryl methyl sites for hydroxylation is 4. The van der Waals surface area contributed by atoms with Gasteiger partial charge < -0.3 is 56.8 Å². The highest BCUT2D eigenvalue weighted by Gasteiger charge is 2.36. The van der Waals surface area contributed by atoms with Gasteiger partial charge in [-0.25, -0.2) is 57.1 Å². The number of unbranched alkanes of at least 4 members (excludes halogenated alkanes) is 12. The molecule has 1 aliphatic rings. The van der Waals surface area contributed by atoms with Crippen molar-refractivity contribution in [3.63, 3.8) is 0 Å². The van der Waals surface area contributed by atoms with E-state index in [1.165, 1.54) is 43.0 Å². The summed E-state index contributed by atoms with van der Waals surface area (Å²) in [6, 6.07) is 6.05. The monoisotopic (exact) mass is 1450 g/mol. The van der Waals surface area contributed by atoms with Gasteiger partial charge in [0.05, 0.1) is 79.3 Å². The van der Waals surface area contributed by atoms with Crippen LogP contribution in [0, 0.1) is 0 Å². The van der Waals surface area contributed by atoms with Gasteiger partial charge in [-0.2, -0.15) is 0 Å². The van der Waals surface area contributed by atoms with Gasteiger partial charge in [0.2, 0.25) is 22.8 Å². The molecule has 104 heavy (non-hydrogen) atoms. The van der Waals surface area contributed by atoms with E-state index in [0.717, 1.165) is 0 Å². The van der Waals surface area contributed by atoms with E-state index >= 15 is 0 Å². The predicted molar refractivity (Wildman–Crippen MR) is 363 cm³/mol. The third kappa shape index (κ3) is 21.7. The lowest BCUT2D eigenvalue weighted by molar-refractivity contribution is 0.0466. The Kier molecular flexibility index (Phi) is 32.6. The second-order valence-electron chi connectivity index (χ2n) is 23.2. The van der Waals surface area contributed by atoms with Gasteiger partial charge in [0.15, 0.2) is 57.3 Å². The van der Waals surface area contributed by atoms with Crippen molar-refractivity contribution in [1.82, 2.24) is 60.0 Å². The van der Waals surface area contributed by atoms with E-state index in [0.29, 0.717) is 103 Å². The number of carbonyl (C=O) groups is 10. The Morgan fingerprint density at radius 3 is 0.644 bits per heavy atom.